The first-order valence-corrected chi connectivity index (χ1v) is 19.7. The molecule has 4 fully saturated rings. The van der Waals surface area contributed by atoms with E-state index < -0.39 is 124 Å². The maximum atomic E-state index is 15.1. The van der Waals surface area contributed by atoms with Crippen LogP contribution in [0, 0.1) is 22.2 Å². The number of hydrogen-bond donors (Lipinski definition) is 5. The van der Waals surface area contributed by atoms with Gasteiger partial charge in [-0.15, -0.1) is 0 Å². The minimum Gasteiger partial charge on any atom is -0.455 e. The Labute approximate surface area is 342 Å². The highest BCUT2D eigenvalue weighted by molar-refractivity contribution is 5.94. The van der Waals surface area contributed by atoms with Crippen LogP contribution in [0.2, 0.25) is 0 Å². The number of cyclic esters (lactones) is 1. The predicted molar refractivity (Wildman–Crippen MR) is 203 cm³/mol. The van der Waals surface area contributed by atoms with Crippen LogP contribution in [-0.4, -0.2) is 139 Å². The zero-order chi connectivity index (χ0) is 44.2. The number of esters is 2. The number of benzene rings is 1. The number of fused-ring (bicyclic) bond motifs is 5. The molecule has 0 aromatic heterocycles. The van der Waals surface area contributed by atoms with E-state index in [-0.39, 0.29) is 29.7 Å². The topological polar surface area (TPSA) is 245 Å². The number of carbonyl (C=O) groups excluding carboxylic acids is 5. The first-order valence-electron chi connectivity index (χ1n) is 19.7. The molecule has 2 aliphatic heterocycles. The van der Waals surface area contributed by atoms with Crippen LogP contribution in [0.1, 0.15) is 92.4 Å². The molecule has 17 heteroatoms. The number of ketones is 1. The van der Waals surface area contributed by atoms with Crippen molar-refractivity contribution in [1.29, 1.82) is 0 Å². The average Bonchev–Trinajstić information content (AvgIpc) is 3.34. The van der Waals surface area contributed by atoms with Crippen LogP contribution >= 0.6 is 0 Å². The quantitative estimate of drug-likeness (QED) is 0.151. The smallest absolute Gasteiger partial charge is 0.455 e. The molecule has 1 aromatic rings. The van der Waals surface area contributed by atoms with Gasteiger partial charge in [-0.2, -0.15) is 0 Å². The highest BCUT2D eigenvalue weighted by atomic mass is 16.8. The standard InChI is InChI=1S/C42H57NO16/c1-20-24-25(45)29(47)40(10)22(44)17-23-41(19-55-23,59-35(52)54-11)27(40)30(56-31(48)21-15-13-12-14-16-21)42(53,37(24,5)6)18-39(20,9)57-32(49)26(46)28(36(2,3)4)43-33(50)38(7,8)58-34(43)51/h12-16,22-23,25-28,30,33,44-46,50,53H,17-19H2,1-11H3/t22?,23-,25-,26-,27?,28-,30?,33?,39+,40-,41+,42-/m1/s1. The van der Waals surface area contributed by atoms with Crippen LogP contribution < -0.4 is 0 Å². The largest absolute Gasteiger partial charge is 0.508 e. The van der Waals surface area contributed by atoms with Gasteiger partial charge in [-0.05, 0) is 63.3 Å². The van der Waals surface area contributed by atoms with Crippen molar-refractivity contribution in [3.8, 4) is 0 Å². The Morgan fingerprint density at radius 2 is 1.58 bits per heavy atom. The lowest BCUT2D eigenvalue weighted by Crippen LogP contribution is -2.82. The molecule has 59 heavy (non-hydrogen) atoms. The first-order chi connectivity index (χ1) is 27.1. The van der Waals surface area contributed by atoms with Crippen LogP contribution in [0.4, 0.5) is 9.59 Å². The Morgan fingerprint density at radius 3 is 2.08 bits per heavy atom. The molecule has 2 heterocycles. The van der Waals surface area contributed by atoms with Gasteiger partial charge in [0.15, 0.2) is 29.3 Å². The van der Waals surface area contributed by atoms with Gasteiger partial charge in [0.05, 0.1) is 42.8 Å². The van der Waals surface area contributed by atoms with Crippen LogP contribution in [0.3, 0.4) is 0 Å². The second kappa shape index (κ2) is 14.2. The molecule has 2 saturated heterocycles. The molecule has 0 spiro atoms. The summed E-state index contributed by atoms with van der Waals surface area (Å²) in [6, 6.07) is 6.33. The Kier molecular flexibility index (Phi) is 10.7. The van der Waals surface area contributed by atoms with E-state index in [9.17, 15) is 44.7 Å². The van der Waals surface area contributed by atoms with Crippen molar-refractivity contribution in [3.63, 3.8) is 0 Å². The third-order valence-electron chi connectivity index (χ3n) is 13.9. The van der Waals surface area contributed by atoms with Gasteiger partial charge in [0, 0.05) is 18.3 Å². The highest BCUT2D eigenvalue weighted by Crippen LogP contribution is 2.65. The molecule has 4 unspecified atom stereocenters. The van der Waals surface area contributed by atoms with Crippen LogP contribution in [0.25, 0.3) is 0 Å². The summed E-state index contributed by atoms with van der Waals surface area (Å²) in [5.74, 6) is -4.86. The summed E-state index contributed by atoms with van der Waals surface area (Å²) in [5.41, 5.74) is -12.6. The number of carbonyl (C=O) groups is 5. The molecule has 0 radical (unpaired) electrons. The molecule has 2 saturated carbocycles. The van der Waals surface area contributed by atoms with Gasteiger partial charge in [-0.3, -0.25) is 9.69 Å². The first kappa shape index (κ1) is 44.4. The molecule has 1 amide bonds. The molecule has 2 bridgehead atoms. The van der Waals surface area contributed by atoms with Crippen molar-refractivity contribution in [2.45, 2.75) is 147 Å². The van der Waals surface area contributed by atoms with Crippen LogP contribution in [0.15, 0.2) is 41.5 Å². The van der Waals surface area contributed by atoms with E-state index >= 15 is 4.79 Å². The van der Waals surface area contributed by atoms with Crippen molar-refractivity contribution in [2.75, 3.05) is 13.7 Å². The molecule has 1 aromatic carbocycles. The van der Waals surface area contributed by atoms with Gasteiger partial charge >= 0.3 is 24.2 Å². The summed E-state index contributed by atoms with van der Waals surface area (Å²) in [6.07, 6.45) is -13.4. The Morgan fingerprint density at radius 1 is 0.966 bits per heavy atom. The number of ether oxygens (including phenoxy) is 6. The zero-order valence-electron chi connectivity index (χ0n) is 35.3. The maximum Gasteiger partial charge on any atom is 0.508 e. The Balaban J connectivity index is 1.55. The Hall–Kier alpha value is -4.13. The monoisotopic (exact) mass is 831 g/mol. The van der Waals surface area contributed by atoms with Crippen LogP contribution in [-0.2, 0) is 38.0 Å². The Bertz CT molecular complexity index is 1940. The zero-order valence-corrected chi connectivity index (χ0v) is 35.3. The van der Waals surface area contributed by atoms with E-state index in [1.165, 1.54) is 60.6 Å². The minimum atomic E-state index is -2.45. The summed E-state index contributed by atoms with van der Waals surface area (Å²) < 4.78 is 34.5. The average molecular weight is 832 g/mol. The molecule has 17 nitrogen and oxygen atoms in total. The van der Waals surface area contributed by atoms with Crippen molar-refractivity contribution >= 4 is 30.0 Å². The van der Waals surface area contributed by atoms with Gasteiger partial charge in [0.2, 0.25) is 0 Å². The molecule has 326 valence electrons. The third kappa shape index (κ3) is 6.45. The second-order valence-corrected chi connectivity index (χ2v) is 19.2. The number of hydrogen-bond acceptors (Lipinski definition) is 16. The molecule has 6 rings (SSSR count). The number of aliphatic hydroxyl groups is 5. The molecule has 5 N–H and O–H groups in total. The fraction of sp³-hybridized carbons (Fsp3) is 0.690. The normalized spacial score (nSPS) is 38.3. The van der Waals surface area contributed by atoms with E-state index in [1.54, 1.807) is 39.0 Å². The lowest BCUT2D eigenvalue weighted by molar-refractivity contribution is -0.345. The summed E-state index contributed by atoms with van der Waals surface area (Å²) in [4.78, 5) is 70.7. The second-order valence-electron chi connectivity index (χ2n) is 19.2. The summed E-state index contributed by atoms with van der Waals surface area (Å²) in [7, 11) is 1.06. The molecular weight excluding hydrogens is 774 g/mol. The van der Waals surface area contributed by atoms with Crippen molar-refractivity contribution < 1.29 is 77.9 Å². The maximum absolute atomic E-state index is 15.1. The summed E-state index contributed by atoms with van der Waals surface area (Å²) in [6.45, 7) is 14.7. The van der Waals surface area contributed by atoms with Gasteiger partial charge in [-0.1, -0.05) is 52.8 Å². The number of amides is 1. The van der Waals surface area contributed by atoms with Crippen molar-refractivity contribution in [2.24, 2.45) is 22.2 Å². The van der Waals surface area contributed by atoms with Gasteiger partial charge in [-0.25, -0.2) is 19.2 Å². The van der Waals surface area contributed by atoms with Gasteiger partial charge in [0.25, 0.3) is 0 Å². The lowest BCUT2D eigenvalue weighted by atomic mass is 9.44. The summed E-state index contributed by atoms with van der Waals surface area (Å²) >= 11 is 0. The van der Waals surface area contributed by atoms with Gasteiger partial charge < -0.3 is 54.0 Å². The lowest BCUT2D eigenvalue weighted by Gasteiger charge is -2.67. The number of nitrogens with zero attached hydrogens (tertiary/aromatic N) is 1. The summed E-state index contributed by atoms with van der Waals surface area (Å²) in [5, 5.41) is 60.8. The van der Waals surface area contributed by atoms with Crippen LogP contribution in [0.5, 0.6) is 0 Å². The highest BCUT2D eigenvalue weighted by Gasteiger charge is 2.79. The third-order valence-corrected chi connectivity index (χ3v) is 13.9. The van der Waals surface area contributed by atoms with E-state index in [1.807, 2.05) is 0 Å². The van der Waals surface area contributed by atoms with Crippen molar-refractivity contribution in [1.82, 2.24) is 4.90 Å². The van der Waals surface area contributed by atoms with E-state index in [0.717, 1.165) is 12.0 Å². The fourth-order valence-electron chi connectivity index (χ4n) is 10.4. The van der Waals surface area contributed by atoms with E-state index in [0.29, 0.717) is 0 Å². The van der Waals surface area contributed by atoms with E-state index in [2.05, 4.69) is 0 Å². The van der Waals surface area contributed by atoms with Gasteiger partial charge in [0.1, 0.15) is 29.5 Å². The molecule has 3 aliphatic carbocycles. The van der Waals surface area contributed by atoms with Crippen molar-refractivity contribution in [3.05, 3.63) is 47.0 Å². The molecule has 5 aliphatic rings. The number of aliphatic hydroxyl groups excluding tert-OH is 4. The molecular formula is C42H57NO16. The number of rotatable bonds is 7. The number of methoxy groups -OCH3 is 1. The molecule has 12 atom stereocenters. The SMILES string of the molecule is COC(=O)O[C@@]12CO[C@@H]1CC(O)[C@@]1(C)C(=O)[C@H](O)C3=C(C)[C@@](C)(OC(=O)[C@H](O)[C@@H](N4C(=O)OC(C)(C)C4O)C(C)(C)C)C[C@@](O)(C(OC(=O)c4ccccc4)C12)C3(C)C. The fourth-order valence-corrected chi connectivity index (χ4v) is 10.4. The number of Topliss-reactive ketones (excluding diaryl/α,β-unsaturated/α-hetero) is 1. The van der Waals surface area contributed by atoms with E-state index in [4.69, 9.17) is 28.4 Å². The minimum absolute atomic E-state index is 0.0452. The predicted octanol–water partition coefficient (Wildman–Crippen LogP) is 2.57.